The summed E-state index contributed by atoms with van der Waals surface area (Å²) in [6.07, 6.45) is 4.10. The molecule has 3 rings (SSSR count). The summed E-state index contributed by atoms with van der Waals surface area (Å²) in [6, 6.07) is 5.87. The molecule has 106 valence electrons. The molecular formula is C13H14N2O3S2. The number of hydrogen-bond acceptors (Lipinski definition) is 5. The van der Waals surface area contributed by atoms with E-state index in [9.17, 15) is 13.5 Å². The van der Waals surface area contributed by atoms with Gasteiger partial charge < -0.3 is 5.11 Å². The Labute approximate surface area is 121 Å². The molecule has 7 heteroatoms. The third-order valence-electron chi connectivity index (χ3n) is 3.22. The normalized spacial score (nSPS) is 14.8. The molecule has 0 fully saturated rings. The standard InChI is InChI=1S/C13H14N2O3S2/c16-10-6-2-4-8-12(10)20(17,18)15-13-14-9-5-1-3-7-11(9)19-13/h2,4,6,8,16H,1,3,5,7H2,(H,14,15). The molecule has 5 nitrogen and oxygen atoms in total. The van der Waals surface area contributed by atoms with E-state index >= 15 is 0 Å². The van der Waals surface area contributed by atoms with Crippen LogP contribution >= 0.6 is 11.3 Å². The van der Waals surface area contributed by atoms with Crippen LogP contribution in [0.15, 0.2) is 29.2 Å². The minimum Gasteiger partial charge on any atom is -0.507 e. The van der Waals surface area contributed by atoms with Gasteiger partial charge in [-0.05, 0) is 37.8 Å². The third-order valence-corrected chi connectivity index (χ3v) is 5.81. The van der Waals surface area contributed by atoms with Gasteiger partial charge in [-0.1, -0.05) is 12.1 Å². The number of thiazole rings is 1. The molecule has 1 aliphatic rings. The first-order chi connectivity index (χ1) is 9.56. The van der Waals surface area contributed by atoms with Crippen molar-refractivity contribution in [2.75, 3.05) is 4.72 Å². The lowest BCUT2D eigenvalue weighted by molar-refractivity contribution is 0.459. The summed E-state index contributed by atoms with van der Waals surface area (Å²) in [5, 5.41) is 10.0. The van der Waals surface area contributed by atoms with Crippen LogP contribution < -0.4 is 4.72 Å². The fourth-order valence-corrected chi connectivity index (χ4v) is 4.63. The van der Waals surface area contributed by atoms with Crippen molar-refractivity contribution in [2.24, 2.45) is 0 Å². The zero-order valence-electron chi connectivity index (χ0n) is 10.7. The van der Waals surface area contributed by atoms with Crippen LogP contribution in [0.2, 0.25) is 0 Å². The molecule has 0 saturated heterocycles. The lowest BCUT2D eigenvalue weighted by atomic mass is 10.0. The number of sulfonamides is 1. The Morgan fingerprint density at radius 1 is 1.20 bits per heavy atom. The molecule has 1 aliphatic carbocycles. The summed E-state index contributed by atoms with van der Waals surface area (Å²) in [4.78, 5) is 5.36. The van der Waals surface area contributed by atoms with Crippen LogP contribution in [0.4, 0.5) is 5.13 Å². The van der Waals surface area contributed by atoms with Gasteiger partial charge in [-0.3, -0.25) is 4.72 Å². The van der Waals surface area contributed by atoms with Gasteiger partial charge >= 0.3 is 0 Å². The Morgan fingerprint density at radius 2 is 1.95 bits per heavy atom. The number of aryl methyl sites for hydroxylation is 2. The van der Waals surface area contributed by atoms with Gasteiger partial charge in [0.2, 0.25) is 0 Å². The van der Waals surface area contributed by atoms with Crippen molar-refractivity contribution in [2.45, 2.75) is 30.6 Å². The number of aromatic nitrogens is 1. The predicted molar refractivity (Wildman–Crippen MR) is 77.7 cm³/mol. The van der Waals surface area contributed by atoms with E-state index < -0.39 is 10.0 Å². The third kappa shape index (κ3) is 2.51. The molecule has 0 saturated carbocycles. The van der Waals surface area contributed by atoms with Gasteiger partial charge in [-0.15, -0.1) is 11.3 Å². The highest BCUT2D eigenvalue weighted by atomic mass is 32.2. The quantitative estimate of drug-likeness (QED) is 0.913. The van der Waals surface area contributed by atoms with Crippen LogP contribution in [0.5, 0.6) is 5.75 Å². The molecule has 1 aromatic heterocycles. The lowest BCUT2D eigenvalue weighted by Crippen LogP contribution is -2.13. The summed E-state index contributed by atoms with van der Waals surface area (Å²) in [7, 11) is -3.80. The number of nitrogens with one attached hydrogen (secondary N) is 1. The second kappa shape index (κ2) is 5.06. The summed E-state index contributed by atoms with van der Waals surface area (Å²) in [5.41, 5.74) is 0.997. The average Bonchev–Trinajstić information content (AvgIpc) is 2.80. The highest BCUT2D eigenvalue weighted by Crippen LogP contribution is 2.31. The Hall–Kier alpha value is -1.60. The molecule has 20 heavy (non-hydrogen) atoms. The maximum atomic E-state index is 12.2. The topological polar surface area (TPSA) is 79.3 Å². The van der Waals surface area contributed by atoms with Gasteiger partial charge in [0.15, 0.2) is 5.13 Å². The number of anilines is 1. The number of benzene rings is 1. The first kappa shape index (κ1) is 13.4. The Morgan fingerprint density at radius 3 is 2.70 bits per heavy atom. The second-order valence-electron chi connectivity index (χ2n) is 4.67. The molecule has 2 aromatic rings. The fraction of sp³-hybridized carbons (Fsp3) is 0.308. The van der Waals surface area contributed by atoms with Crippen molar-refractivity contribution in [3.63, 3.8) is 0 Å². The summed E-state index contributed by atoms with van der Waals surface area (Å²) < 4.78 is 26.9. The smallest absolute Gasteiger partial charge is 0.267 e. The van der Waals surface area contributed by atoms with Gasteiger partial charge in [0, 0.05) is 4.88 Å². The number of hydrogen-bond donors (Lipinski definition) is 2. The predicted octanol–water partition coefficient (Wildman–Crippen LogP) is 2.53. The molecule has 0 aliphatic heterocycles. The first-order valence-corrected chi connectivity index (χ1v) is 8.65. The number of fused-ring (bicyclic) bond motifs is 1. The molecule has 2 N–H and O–H groups in total. The van der Waals surface area contributed by atoms with E-state index in [1.165, 1.54) is 23.5 Å². The Kier molecular flexibility index (Phi) is 3.39. The van der Waals surface area contributed by atoms with Gasteiger partial charge in [-0.25, -0.2) is 13.4 Å². The minimum atomic E-state index is -3.80. The van der Waals surface area contributed by atoms with Crippen LogP contribution in [0.1, 0.15) is 23.4 Å². The van der Waals surface area contributed by atoms with Crippen molar-refractivity contribution < 1.29 is 13.5 Å². The van der Waals surface area contributed by atoms with E-state index in [-0.39, 0.29) is 10.6 Å². The lowest BCUT2D eigenvalue weighted by Gasteiger charge is -2.06. The molecule has 1 aromatic carbocycles. The summed E-state index contributed by atoms with van der Waals surface area (Å²) in [5.74, 6) is -0.263. The molecule has 0 amide bonds. The highest BCUT2D eigenvalue weighted by Gasteiger charge is 2.22. The average molecular weight is 310 g/mol. The summed E-state index contributed by atoms with van der Waals surface area (Å²) in [6.45, 7) is 0. The van der Waals surface area contributed by atoms with Crippen molar-refractivity contribution >= 4 is 26.5 Å². The van der Waals surface area contributed by atoms with Crippen LogP contribution in [-0.4, -0.2) is 18.5 Å². The SMILES string of the molecule is O=S(=O)(Nc1nc2c(s1)CCCC2)c1ccccc1O. The van der Waals surface area contributed by atoms with Crippen molar-refractivity contribution in [3.8, 4) is 5.75 Å². The minimum absolute atomic E-state index is 0.131. The van der Waals surface area contributed by atoms with Gasteiger partial charge in [0.25, 0.3) is 10.0 Å². The largest absolute Gasteiger partial charge is 0.507 e. The molecule has 0 atom stereocenters. The van der Waals surface area contributed by atoms with Crippen LogP contribution in [0.25, 0.3) is 0 Å². The Bertz CT molecular complexity index is 714. The highest BCUT2D eigenvalue weighted by molar-refractivity contribution is 7.93. The Balaban J connectivity index is 1.90. The zero-order chi connectivity index (χ0) is 14.2. The fourth-order valence-electron chi connectivity index (χ4n) is 2.25. The van der Waals surface area contributed by atoms with Crippen LogP contribution in [-0.2, 0) is 22.9 Å². The number of para-hydroxylation sites is 1. The van der Waals surface area contributed by atoms with Crippen LogP contribution in [0, 0.1) is 0 Å². The van der Waals surface area contributed by atoms with Gasteiger partial charge in [0.1, 0.15) is 10.6 Å². The monoisotopic (exact) mass is 310 g/mol. The van der Waals surface area contributed by atoms with E-state index in [1.807, 2.05) is 0 Å². The second-order valence-corrected chi connectivity index (χ2v) is 7.40. The maximum absolute atomic E-state index is 12.2. The van der Waals surface area contributed by atoms with Gasteiger partial charge in [-0.2, -0.15) is 0 Å². The van der Waals surface area contributed by atoms with Gasteiger partial charge in [0.05, 0.1) is 5.69 Å². The van der Waals surface area contributed by atoms with E-state index in [2.05, 4.69) is 9.71 Å². The number of nitrogens with zero attached hydrogens (tertiary/aromatic N) is 1. The van der Waals surface area contributed by atoms with E-state index in [4.69, 9.17) is 0 Å². The molecule has 0 unspecified atom stereocenters. The maximum Gasteiger partial charge on any atom is 0.267 e. The molecule has 0 spiro atoms. The van der Waals surface area contributed by atoms with E-state index in [1.54, 1.807) is 12.1 Å². The van der Waals surface area contributed by atoms with E-state index in [0.29, 0.717) is 5.13 Å². The van der Waals surface area contributed by atoms with E-state index in [0.717, 1.165) is 36.3 Å². The van der Waals surface area contributed by atoms with Crippen molar-refractivity contribution in [1.29, 1.82) is 0 Å². The number of phenolic OH excluding ortho intramolecular Hbond substituents is 1. The van der Waals surface area contributed by atoms with Crippen molar-refractivity contribution in [3.05, 3.63) is 34.8 Å². The molecule has 0 radical (unpaired) electrons. The number of aromatic hydroxyl groups is 1. The molecule has 0 bridgehead atoms. The zero-order valence-corrected chi connectivity index (χ0v) is 12.3. The first-order valence-electron chi connectivity index (χ1n) is 6.36. The van der Waals surface area contributed by atoms with Crippen LogP contribution in [0.3, 0.4) is 0 Å². The number of phenols is 1. The molecule has 1 heterocycles. The number of rotatable bonds is 3. The molecular weight excluding hydrogens is 296 g/mol. The summed E-state index contributed by atoms with van der Waals surface area (Å²) >= 11 is 1.38. The van der Waals surface area contributed by atoms with Crippen molar-refractivity contribution in [1.82, 2.24) is 4.98 Å².